The Morgan fingerprint density at radius 3 is 2.74 bits per heavy atom. The van der Waals surface area contributed by atoms with Crippen LogP contribution in [0.25, 0.3) is 0 Å². The number of aromatic nitrogens is 1. The number of carboxylic acid groups (broad SMARTS) is 1. The van der Waals surface area contributed by atoms with Crippen molar-refractivity contribution in [3.8, 4) is 0 Å². The summed E-state index contributed by atoms with van der Waals surface area (Å²) in [5.41, 5.74) is 2.36. The Morgan fingerprint density at radius 1 is 1.24 bits per heavy atom. The minimum absolute atomic E-state index is 0.159. The fourth-order valence-electron chi connectivity index (χ4n) is 5.13. The summed E-state index contributed by atoms with van der Waals surface area (Å²) < 4.78 is 5.33. The highest BCUT2D eigenvalue weighted by molar-refractivity contribution is 5.85. The largest absolute Gasteiger partial charge is 0.476 e. The molecule has 2 aromatic rings. The maximum atomic E-state index is 13.4. The fourth-order valence-corrected chi connectivity index (χ4v) is 5.13. The van der Waals surface area contributed by atoms with E-state index in [1.54, 1.807) is 24.3 Å². The van der Waals surface area contributed by atoms with Crippen molar-refractivity contribution in [1.82, 2.24) is 4.98 Å². The van der Waals surface area contributed by atoms with E-state index in [1.807, 2.05) is 32.1 Å². The van der Waals surface area contributed by atoms with Gasteiger partial charge in [0.25, 0.3) is 0 Å². The Bertz CT molecular complexity index is 1100. The summed E-state index contributed by atoms with van der Waals surface area (Å²) in [6.07, 6.45) is 12.2. The molecule has 1 N–H and O–H groups in total. The van der Waals surface area contributed by atoms with Crippen LogP contribution < -0.4 is 0 Å². The van der Waals surface area contributed by atoms with Gasteiger partial charge in [0.2, 0.25) is 6.04 Å². The maximum Gasteiger partial charge on any atom is 0.371 e. The van der Waals surface area contributed by atoms with Crippen LogP contribution in [0.5, 0.6) is 0 Å². The SMILES string of the molecule is CC=CC=CC(=O)[N+]1(OCCc2nc(C3CCCC3)oc2C)CCc2ccccc2C1C(=O)O. The number of hydrogen-bond acceptors (Lipinski definition) is 5. The van der Waals surface area contributed by atoms with Crippen LogP contribution >= 0.6 is 0 Å². The van der Waals surface area contributed by atoms with E-state index >= 15 is 0 Å². The first-order chi connectivity index (χ1) is 16.5. The van der Waals surface area contributed by atoms with Crippen LogP contribution in [0.1, 0.15) is 73.0 Å². The van der Waals surface area contributed by atoms with E-state index in [0.717, 1.165) is 35.7 Å². The van der Waals surface area contributed by atoms with Gasteiger partial charge in [0, 0.05) is 30.4 Å². The van der Waals surface area contributed by atoms with Crippen molar-refractivity contribution in [2.24, 2.45) is 0 Å². The zero-order chi connectivity index (χ0) is 24.1. The van der Waals surface area contributed by atoms with Crippen LogP contribution in [0.3, 0.4) is 0 Å². The molecule has 1 fully saturated rings. The van der Waals surface area contributed by atoms with Crippen molar-refractivity contribution < 1.29 is 28.6 Å². The standard InChI is InChI=1S/C27H32N2O5/c1-3-4-5-14-24(30)29(17-15-20-10-8-9-13-22(20)25(29)27(31)32)33-18-16-23-19(2)34-26(28-23)21-11-6-7-12-21/h3-5,8-10,13-14,21,25H,6-7,11-12,15-18H2,1-2H3/p+1. The molecule has 2 aliphatic rings. The third-order valence-electron chi connectivity index (χ3n) is 6.90. The third-order valence-corrected chi connectivity index (χ3v) is 6.90. The molecule has 7 heteroatoms. The molecule has 0 spiro atoms. The number of quaternary nitrogens is 1. The Labute approximate surface area is 200 Å². The lowest BCUT2D eigenvalue weighted by molar-refractivity contribution is -1.06. The molecule has 2 unspecified atom stereocenters. The van der Waals surface area contributed by atoms with Gasteiger partial charge in [-0.15, -0.1) is 0 Å². The molecule has 0 saturated heterocycles. The number of hydroxylamine groups is 3. The number of aryl methyl sites for hydroxylation is 1. The molecule has 2 atom stereocenters. The number of hydrogen-bond donors (Lipinski definition) is 1. The zero-order valence-electron chi connectivity index (χ0n) is 19.9. The van der Waals surface area contributed by atoms with Gasteiger partial charge in [-0.2, -0.15) is 4.84 Å². The van der Waals surface area contributed by atoms with Crippen LogP contribution in [0, 0.1) is 6.92 Å². The highest BCUT2D eigenvalue weighted by atomic mass is 16.7. The van der Waals surface area contributed by atoms with Gasteiger partial charge in [-0.1, -0.05) is 60.0 Å². The predicted molar refractivity (Wildman–Crippen MR) is 127 cm³/mol. The number of carbonyl (C=O) groups excluding carboxylic acids is 1. The van der Waals surface area contributed by atoms with Crippen molar-refractivity contribution in [2.45, 2.75) is 64.3 Å². The van der Waals surface area contributed by atoms with Crippen LogP contribution in [-0.2, 0) is 27.3 Å². The number of carbonyl (C=O) groups is 2. The lowest BCUT2D eigenvalue weighted by atomic mass is 9.91. The molecular formula is C27H33N2O5+. The predicted octanol–water partition coefficient (Wildman–Crippen LogP) is 4.97. The van der Waals surface area contributed by atoms with Crippen LogP contribution in [0.4, 0.5) is 0 Å². The van der Waals surface area contributed by atoms with E-state index < -0.39 is 16.7 Å². The van der Waals surface area contributed by atoms with E-state index in [-0.39, 0.29) is 19.1 Å². The molecule has 180 valence electrons. The second kappa shape index (κ2) is 10.5. The summed E-state index contributed by atoms with van der Waals surface area (Å²) in [7, 11) is 0. The summed E-state index contributed by atoms with van der Waals surface area (Å²) in [4.78, 5) is 36.9. The molecule has 1 aromatic heterocycles. The number of oxazole rings is 1. The molecule has 1 saturated carbocycles. The molecule has 7 nitrogen and oxygen atoms in total. The van der Waals surface area contributed by atoms with Gasteiger partial charge in [0.15, 0.2) is 5.89 Å². The van der Waals surface area contributed by atoms with Crippen LogP contribution in [0.15, 0.2) is 53.0 Å². The minimum Gasteiger partial charge on any atom is -0.476 e. The van der Waals surface area contributed by atoms with Crippen molar-refractivity contribution >= 4 is 11.9 Å². The van der Waals surface area contributed by atoms with Crippen molar-refractivity contribution in [3.63, 3.8) is 0 Å². The zero-order valence-corrected chi connectivity index (χ0v) is 19.9. The first-order valence-electron chi connectivity index (χ1n) is 12.1. The Morgan fingerprint density at radius 2 is 2.00 bits per heavy atom. The highest BCUT2D eigenvalue weighted by Crippen LogP contribution is 2.38. The number of fused-ring (bicyclic) bond motifs is 1. The Hall–Kier alpha value is -3.03. The lowest BCUT2D eigenvalue weighted by Gasteiger charge is -2.40. The van der Waals surface area contributed by atoms with Gasteiger partial charge >= 0.3 is 11.9 Å². The van der Waals surface area contributed by atoms with Gasteiger partial charge in [-0.3, -0.25) is 0 Å². The van der Waals surface area contributed by atoms with Crippen molar-refractivity contribution in [3.05, 3.63) is 77.0 Å². The number of nitrogens with zero attached hydrogens (tertiary/aromatic N) is 2. The summed E-state index contributed by atoms with van der Waals surface area (Å²) >= 11 is 0. The minimum atomic E-state index is -1.14. The molecule has 4 rings (SSSR count). The normalized spacial score (nSPS) is 23.1. The number of amides is 1. The molecule has 34 heavy (non-hydrogen) atoms. The summed E-state index contributed by atoms with van der Waals surface area (Å²) in [6, 6.07) is 6.25. The van der Waals surface area contributed by atoms with Gasteiger partial charge < -0.3 is 9.52 Å². The van der Waals surface area contributed by atoms with Gasteiger partial charge in [0.05, 0.1) is 5.69 Å². The second-order valence-electron chi connectivity index (χ2n) is 9.05. The fraction of sp³-hybridized carbons (Fsp3) is 0.444. The van der Waals surface area contributed by atoms with E-state index in [1.165, 1.54) is 18.9 Å². The van der Waals surface area contributed by atoms with Gasteiger partial charge in [-0.25, -0.2) is 14.6 Å². The van der Waals surface area contributed by atoms with E-state index in [9.17, 15) is 14.7 Å². The monoisotopic (exact) mass is 465 g/mol. The number of rotatable bonds is 8. The van der Waals surface area contributed by atoms with Crippen molar-refractivity contribution in [1.29, 1.82) is 0 Å². The topological polar surface area (TPSA) is 89.6 Å². The molecule has 1 aliphatic carbocycles. The summed E-state index contributed by atoms with van der Waals surface area (Å²) in [5, 5.41) is 10.2. The summed E-state index contributed by atoms with van der Waals surface area (Å²) in [5.74, 6) is 0.453. The molecule has 1 amide bonds. The van der Waals surface area contributed by atoms with Crippen LogP contribution in [-0.4, -0.2) is 39.8 Å². The molecular weight excluding hydrogens is 432 g/mol. The van der Waals surface area contributed by atoms with Gasteiger partial charge in [0.1, 0.15) is 18.9 Å². The van der Waals surface area contributed by atoms with E-state index in [2.05, 4.69) is 0 Å². The quantitative estimate of drug-likeness (QED) is 0.336. The second-order valence-corrected chi connectivity index (χ2v) is 9.05. The van der Waals surface area contributed by atoms with E-state index in [4.69, 9.17) is 14.2 Å². The molecule has 0 bridgehead atoms. The van der Waals surface area contributed by atoms with Crippen LogP contribution in [0.2, 0.25) is 0 Å². The maximum absolute atomic E-state index is 13.4. The number of benzene rings is 1. The average Bonchev–Trinajstić information content (AvgIpc) is 3.49. The van der Waals surface area contributed by atoms with Gasteiger partial charge in [-0.05, 0) is 32.3 Å². The number of carboxylic acids is 1. The van der Waals surface area contributed by atoms with Crippen molar-refractivity contribution in [2.75, 3.05) is 13.2 Å². The molecule has 1 aromatic carbocycles. The molecule has 1 aliphatic heterocycles. The Kier molecular flexibility index (Phi) is 7.44. The first kappa shape index (κ1) is 24.1. The smallest absolute Gasteiger partial charge is 0.371 e. The number of aliphatic carboxylic acids is 1. The molecule has 2 heterocycles. The number of allylic oxidation sites excluding steroid dienone is 3. The summed E-state index contributed by atoms with van der Waals surface area (Å²) in [6.45, 7) is 4.16. The van der Waals surface area contributed by atoms with E-state index in [0.29, 0.717) is 24.3 Å². The molecule has 0 radical (unpaired) electrons. The average molecular weight is 466 g/mol. The highest BCUT2D eigenvalue weighted by Gasteiger charge is 2.54. The Balaban J connectivity index is 1.60. The first-order valence-corrected chi connectivity index (χ1v) is 12.1. The lowest BCUT2D eigenvalue weighted by Crippen LogP contribution is -2.59. The third kappa shape index (κ3) is 4.76.